The average molecular weight is 333 g/mol. The first-order valence-corrected chi connectivity index (χ1v) is 8.40. The van der Waals surface area contributed by atoms with Crippen LogP contribution < -0.4 is 0 Å². The summed E-state index contributed by atoms with van der Waals surface area (Å²) in [5, 5.41) is 0. The number of aryl methyl sites for hydroxylation is 2. The van der Waals surface area contributed by atoms with E-state index in [1.165, 1.54) is 5.56 Å². The van der Waals surface area contributed by atoms with Gasteiger partial charge in [0.15, 0.2) is 0 Å². The summed E-state index contributed by atoms with van der Waals surface area (Å²) >= 11 is 0. The number of carbonyl (C=O) groups excluding carboxylic acids is 1. The van der Waals surface area contributed by atoms with Crippen LogP contribution in [-0.4, -0.2) is 27.4 Å². The Morgan fingerprint density at radius 2 is 1.64 bits per heavy atom. The van der Waals surface area contributed by atoms with Gasteiger partial charge in [-0.3, -0.25) is 4.79 Å². The number of imidazole rings is 1. The van der Waals surface area contributed by atoms with Crippen LogP contribution in [0.5, 0.6) is 0 Å². The molecule has 0 fully saturated rings. The molecule has 25 heavy (non-hydrogen) atoms. The van der Waals surface area contributed by atoms with Crippen LogP contribution in [-0.2, 0) is 13.1 Å². The lowest BCUT2D eigenvalue weighted by Gasteiger charge is -2.18. The van der Waals surface area contributed by atoms with E-state index < -0.39 is 0 Å². The smallest absolute Gasteiger partial charge is 0.253 e. The largest absolute Gasteiger partial charge is 0.337 e. The van der Waals surface area contributed by atoms with E-state index in [9.17, 15) is 4.79 Å². The van der Waals surface area contributed by atoms with E-state index in [2.05, 4.69) is 40.7 Å². The Morgan fingerprint density at radius 3 is 2.24 bits per heavy atom. The molecule has 4 heteroatoms. The lowest BCUT2D eigenvalue weighted by molar-refractivity contribution is 0.0785. The second-order valence-corrected chi connectivity index (χ2v) is 6.45. The van der Waals surface area contributed by atoms with Gasteiger partial charge in [0.1, 0.15) is 5.82 Å². The Hall–Kier alpha value is -2.88. The van der Waals surface area contributed by atoms with Gasteiger partial charge >= 0.3 is 0 Å². The van der Waals surface area contributed by atoms with Gasteiger partial charge in [-0.2, -0.15) is 0 Å². The highest BCUT2D eigenvalue weighted by Gasteiger charge is 2.12. The Balaban J connectivity index is 1.65. The van der Waals surface area contributed by atoms with Crippen molar-refractivity contribution < 1.29 is 4.79 Å². The van der Waals surface area contributed by atoms with Gasteiger partial charge in [0.2, 0.25) is 0 Å². The molecule has 0 saturated carbocycles. The van der Waals surface area contributed by atoms with E-state index >= 15 is 0 Å². The Kier molecular flexibility index (Phi) is 4.98. The molecule has 0 aliphatic carbocycles. The highest BCUT2D eigenvalue weighted by molar-refractivity contribution is 5.94. The van der Waals surface area contributed by atoms with Crippen LogP contribution in [0.2, 0.25) is 0 Å². The average Bonchev–Trinajstić information content (AvgIpc) is 3.02. The van der Waals surface area contributed by atoms with Crippen molar-refractivity contribution in [2.45, 2.75) is 26.9 Å². The Morgan fingerprint density at radius 1 is 1.00 bits per heavy atom. The predicted octanol–water partition coefficient (Wildman–Crippen LogP) is 3.82. The first-order valence-electron chi connectivity index (χ1n) is 8.40. The molecule has 128 valence electrons. The fourth-order valence-electron chi connectivity index (χ4n) is 2.78. The van der Waals surface area contributed by atoms with E-state index in [0.29, 0.717) is 12.1 Å². The number of aromatic nitrogens is 2. The van der Waals surface area contributed by atoms with E-state index in [-0.39, 0.29) is 5.91 Å². The van der Waals surface area contributed by atoms with Crippen molar-refractivity contribution in [2.24, 2.45) is 0 Å². The number of carbonyl (C=O) groups is 1. The van der Waals surface area contributed by atoms with Crippen molar-refractivity contribution in [3.05, 3.63) is 89.0 Å². The maximum Gasteiger partial charge on any atom is 0.253 e. The summed E-state index contributed by atoms with van der Waals surface area (Å²) in [4.78, 5) is 18.6. The summed E-state index contributed by atoms with van der Waals surface area (Å²) in [6.07, 6.45) is 3.76. The molecule has 1 heterocycles. The van der Waals surface area contributed by atoms with Gasteiger partial charge in [0.05, 0.1) is 0 Å². The molecule has 0 spiro atoms. The topological polar surface area (TPSA) is 38.1 Å². The van der Waals surface area contributed by atoms with E-state index in [4.69, 9.17) is 0 Å². The molecule has 0 unspecified atom stereocenters. The molecule has 3 rings (SSSR count). The second-order valence-electron chi connectivity index (χ2n) is 6.45. The van der Waals surface area contributed by atoms with E-state index in [1.807, 2.05) is 44.4 Å². The summed E-state index contributed by atoms with van der Waals surface area (Å²) in [6.45, 7) is 5.41. The third kappa shape index (κ3) is 4.15. The summed E-state index contributed by atoms with van der Waals surface area (Å²) < 4.78 is 2.08. The zero-order valence-corrected chi connectivity index (χ0v) is 14.9. The van der Waals surface area contributed by atoms with Crippen LogP contribution in [0.15, 0.2) is 60.9 Å². The summed E-state index contributed by atoms with van der Waals surface area (Å²) in [7, 11) is 1.84. The molecule has 1 amide bonds. The van der Waals surface area contributed by atoms with Crippen LogP contribution in [0.1, 0.15) is 32.9 Å². The number of benzene rings is 2. The van der Waals surface area contributed by atoms with Gasteiger partial charge in [-0.1, -0.05) is 42.0 Å². The Bertz CT molecular complexity index is 848. The highest BCUT2D eigenvalue weighted by atomic mass is 16.2. The molecule has 0 atom stereocenters. The van der Waals surface area contributed by atoms with Gasteiger partial charge in [0.25, 0.3) is 5.91 Å². The molecule has 2 aromatic carbocycles. The molecule has 3 aromatic rings. The van der Waals surface area contributed by atoms with Crippen LogP contribution in [0.25, 0.3) is 0 Å². The molecule has 0 saturated heterocycles. The molecule has 0 N–H and O–H groups in total. The normalized spacial score (nSPS) is 10.7. The predicted molar refractivity (Wildman–Crippen MR) is 99.5 cm³/mol. The monoisotopic (exact) mass is 333 g/mol. The minimum absolute atomic E-state index is 0.0333. The van der Waals surface area contributed by atoms with Crippen LogP contribution in [0.4, 0.5) is 0 Å². The van der Waals surface area contributed by atoms with Crippen molar-refractivity contribution in [3.8, 4) is 0 Å². The SMILES string of the molecule is Cc1ccc(CN(C)C(=O)c2ccc(Cn3ccnc3C)cc2)cc1. The minimum Gasteiger partial charge on any atom is -0.337 e. The zero-order chi connectivity index (χ0) is 17.8. The van der Waals surface area contributed by atoms with Crippen molar-refractivity contribution in [3.63, 3.8) is 0 Å². The van der Waals surface area contributed by atoms with Gasteiger partial charge in [-0.05, 0) is 37.1 Å². The number of nitrogens with zero attached hydrogens (tertiary/aromatic N) is 3. The van der Waals surface area contributed by atoms with Crippen LogP contribution in [0, 0.1) is 13.8 Å². The summed E-state index contributed by atoms with van der Waals surface area (Å²) in [5.74, 6) is 1.02. The Labute approximate surface area is 148 Å². The minimum atomic E-state index is 0.0333. The maximum atomic E-state index is 12.6. The summed E-state index contributed by atoms with van der Waals surface area (Å²) in [6, 6.07) is 16.1. The van der Waals surface area contributed by atoms with Crippen molar-refractivity contribution in [1.82, 2.24) is 14.5 Å². The number of hydrogen-bond donors (Lipinski definition) is 0. The van der Waals surface area contributed by atoms with Crippen molar-refractivity contribution >= 4 is 5.91 Å². The number of amides is 1. The molecule has 0 aliphatic rings. The quantitative estimate of drug-likeness (QED) is 0.712. The van der Waals surface area contributed by atoms with Crippen molar-refractivity contribution in [1.29, 1.82) is 0 Å². The summed E-state index contributed by atoms with van der Waals surface area (Å²) in [5.41, 5.74) is 4.22. The first kappa shape index (κ1) is 17.0. The standard InChI is InChI=1S/C21H23N3O/c1-16-4-6-18(7-5-16)14-23(3)21(25)20-10-8-19(9-11-20)15-24-13-12-22-17(24)2/h4-13H,14-15H2,1-3H3. The molecule has 4 nitrogen and oxygen atoms in total. The fourth-order valence-corrected chi connectivity index (χ4v) is 2.78. The van der Waals surface area contributed by atoms with E-state index in [1.54, 1.807) is 11.1 Å². The van der Waals surface area contributed by atoms with Crippen LogP contribution >= 0.6 is 0 Å². The number of hydrogen-bond acceptors (Lipinski definition) is 2. The molecule has 0 radical (unpaired) electrons. The maximum absolute atomic E-state index is 12.6. The molecular weight excluding hydrogens is 310 g/mol. The fraction of sp³-hybridized carbons (Fsp3) is 0.238. The van der Waals surface area contributed by atoms with E-state index in [0.717, 1.165) is 23.5 Å². The van der Waals surface area contributed by atoms with Gasteiger partial charge in [-0.15, -0.1) is 0 Å². The lowest BCUT2D eigenvalue weighted by Crippen LogP contribution is -2.26. The van der Waals surface area contributed by atoms with Gasteiger partial charge < -0.3 is 9.47 Å². The van der Waals surface area contributed by atoms with Gasteiger partial charge in [-0.25, -0.2) is 4.98 Å². The molecule has 0 aliphatic heterocycles. The lowest BCUT2D eigenvalue weighted by atomic mass is 10.1. The van der Waals surface area contributed by atoms with Crippen LogP contribution in [0.3, 0.4) is 0 Å². The molecule has 0 bridgehead atoms. The molecular formula is C21H23N3O. The molecule has 1 aromatic heterocycles. The third-order valence-electron chi connectivity index (χ3n) is 4.36. The highest BCUT2D eigenvalue weighted by Crippen LogP contribution is 2.12. The number of rotatable bonds is 5. The van der Waals surface area contributed by atoms with Gasteiger partial charge in [0, 0.05) is 38.1 Å². The second kappa shape index (κ2) is 7.34. The first-order chi connectivity index (χ1) is 12.0. The van der Waals surface area contributed by atoms with Crippen molar-refractivity contribution in [2.75, 3.05) is 7.05 Å². The zero-order valence-electron chi connectivity index (χ0n) is 14.9. The third-order valence-corrected chi connectivity index (χ3v) is 4.36.